The monoisotopic (exact) mass is 305 g/mol. The van der Waals surface area contributed by atoms with Crippen LogP contribution in [-0.4, -0.2) is 34.3 Å². The molecule has 5 nitrogen and oxygen atoms in total. The van der Waals surface area contributed by atoms with Crippen molar-refractivity contribution in [3.8, 4) is 0 Å². The zero-order valence-corrected chi connectivity index (χ0v) is 13.0. The lowest BCUT2D eigenvalue weighted by atomic mass is 10.0. The second-order valence-corrected chi connectivity index (χ2v) is 5.69. The van der Waals surface area contributed by atoms with Crippen LogP contribution in [0.4, 0.5) is 0 Å². The van der Waals surface area contributed by atoms with E-state index in [2.05, 4.69) is 5.32 Å². The van der Waals surface area contributed by atoms with Crippen LogP contribution < -0.4 is 11.1 Å². The molecule has 2 rings (SSSR count). The van der Waals surface area contributed by atoms with Crippen LogP contribution in [0.3, 0.4) is 0 Å². The minimum atomic E-state index is -0.266. The first kappa shape index (κ1) is 15.6. The van der Waals surface area contributed by atoms with E-state index in [0.717, 1.165) is 16.7 Å². The largest absolute Gasteiger partial charge is 0.389 e. The molecule has 1 atom stereocenters. The Morgan fingerprint density at radius 1 is 1.48 bits per heavy atom. The van der Waals surface area contributed by atoms with E-state index in [1.165, 1.54) is 0 Å². The van der Waals surface area contributed by atoms with Gasteiger partial charge < -0.3 is 5.73 Å². The molecule has 1 aromatic rings. The second-order valence-electron chi connectivity index (χ2n) is 5.25. The molecule has 1 fully saturated rings. The maximum Gasteiger partial charge on any atom is 0.243 e. The number of carbonyl (C=O) groups excluding carboxylic acids is 2. The van der Waals surface area contributed by atoms with E-state index in [1.807, 2.05) is 36.9 Å². The summed E-state index contributed by atoms with van der Waals surface area (Å²) in [5.41, 5.74) is 8.56. The summed E-state index contributed by atoms with van der Waals surface area (Å²) in [5, 5.41) is 2.38. The van der Waals surface area contributed by atoms with Crippen molar-refractivity contribution < 1.29 is 9.59 Å². The van der Waals surface area contributed by atoms with Gasteiger partial charge >= 0.3 is 0 Å². The minimum absolute atomic E-state index is 0.217. The first-order valence-corrected chi connectivity index (χ1v) is 7.30. The number of imide groups is 1. The van der Waals surface area contributed by atoms with Gasteiger partial charge in [-0.2, -0.15) is 0 Å². The van der Waals surface area contributed by atoms with Crippen LogP contribution in [-0.2, 0) is 16.1 Å². The number of hydrogen-bond donors (Lipinski definition) is 2. The minimum Gasteiger partial charge on any atom is -0.389 e. The van der Waals surface area contributed by atoms with Crippen molar-refractivity contribution in [2.24, 2.45) is 5.73 Å². The Hall–Kier alpha value is -1.79. The van der Waals surface area contributed by atoms with Crippen LogP contribution in [0.2, 0.25) is 0 Å². The summed E-state index contributed by atoms with van der Waals surface area (Å²) >= 11 is 4.96. The van der Waals surface area contributed by atoms with Gasteiger partial charge in [0.1, 0.15) is 4.99 Å². The Labute approximate surface area is 129 Å². The number of nitrogens with zero attached hydrogens (tertiary/aromatic N) is 1. The number of aryl methyl sites for hydroxylation is 1. The van der Waals surface area contributed by atoms with Crippen LogP contribution in [0.5, 0.6) is 0 Å². The number of piperazine rings is 1. The van der Waals surface area contributed by atoms with Gasteiger partial charge in [-0.1, -0.05) is 31.3 Å². The molecule has 1 aromatic carbocycles. The highest BCUT2D eigenvalue weighted by Gasteiger charge is 2.32. The van der Waals surface area contributed by atoms with Crippen LogP contribution in [0.15, 0.2) is 18.2 Å². The zero-order valence-electron chi connectivity index (χ0n) is 12.2. The number of amides is 2. The van der Waals surface area contributed by atoms with Crippen LogP contribution in [0, 0.1) is 6.92 Å². The van der Waals surface area contributed by atoms with Crippen molar-refractivity contribution in [1.82, 2.24) is 10.2 Å². The molecule has 112 valence electrons. The molecule has 1 saturated heterocycles. The van der Waals surface area contributed by atoms with Crippen molar-refractivity contribution in [3.63, 3.8) is 0 Å². The second kappa shape index (κ2) is 6.32. The summed E-state index contributed by atoms with van der Waals surface area (Å²) in [6.07, 6.45) is 0.670. The Morgan fingerprint density at radius 3 is 2.76 bits per heavy atom. The summed E-state index contributed by atoms with van der Waals surface area (Å²) in [6.45, 7) is 4.71. The number of nitrogens with two attached hydrogens (primary N) is 1. The van der Waals surface area contributed by atoms with E-state index in [9.17, 15) is 9.59 Å². The fourth-order valence-corrected chi connectivity index (χ4v) is 2.70. The fraction of sp³-hybridized carbons (Fsp3) is 0.400. The molecule has 1 aliphatic heterocycles. The molecule has 0 radical (unpaired) electrons. The lowest BCUT2D eigenvalue weighted by Gasteiger charge is -2.33. The quantitative estimate of drug-likeness (QED) is 0.637. The van der Waals surface area contributed by atoms with Crippen LogP contribution in [0.25, 0.3) is 0 Å². The van der Waals surface area contributed by atoms with Crippen molar-refractivity contribution in [1.29, 1.82) is 0 Å². The van der Waals surface area contributed by atoms with Crippen molar-refractivity contribution >= 4 is 29.0 Å². The first-order valence-electron chi connectivity index (χ1n) is 6.89. The topological polar surface area (TPSA) is 75.4 Å². The summed E-state index contributed by atoms with van der Waals surface area (Å²) < 4.78 is 0. The van der Waals surface area contributed by atoms with Gasteiger partial charge in [-0.25, -0.2) is 0 Å². The van der Waals surface area contributed by atoms with Crippen molar-refractivity contribution in [2.45, 2.75) is 32.9 Å². The third-order valence-electron chi connectivity index (χ3n) is 3.74. The lowest BCUT2D eigenvalue weighted by Crippen LogP contribution is -2.57. The molecule has 1 aliphatic rings. The van der Waals surface area contributed by atoms with Gasteiger partial charge in [-0.05, 0) is 30.5 Å². The molecule has 0 saturated carbocycles. The maximum atomic E-state index is 11.9. The van der Waals surface area contributed by atoms with Gasteiger partial charge in [0.05, 0.1) is 12.6 Å². The highest BCUT2D eigenvalue weighted by atomic mass is 32.1. The molecule has 0 bridgehead atoms. The van der Waals surface area contributed by atoms with E-state index in [4.69, 9.17) is 18.0 Å². The van der Waals surface area contributed by atoms with Gasteiger partial charge in [-0.15, -0.1) is 0 Å². The van der Waals surface area contributed by atoms with E-state index < -0.39 is 0 Å². The van der Waals surface area contributed by atoms with E-state index in [1.54, 1.807) is 0 Å². The van der Waals surface area contributed by atoms with Gasteiger partial charge in [0.15, 0.2) is 0 Å². The van der Waals surface area contributed by atoms with Gasteiger partial charge in [0.2, 0.25) is 11.8 Å². The maximum absolute atomic E-state index is 11.9. The van der Waals surface area contributed by atoms with Crippen LogP contribution >= 0.6 is 12.2 Å². The summed E-state index contributed by atoms with van der Waals surface area (Å²) in [4.78, 5) is 25.7. The summed E-state index contributed by atoms with van der Waals surface area (Å²) in [7, 11) is 0. The molecule has 0 aromatic heterocycles. The molecular weight excluding hydrogens is 286 g/mol. The summed E-state index contributed by atoms with van der Waals surface area (Å²) in [5.74, 6) is -0.465. The Bertz CT molecular complexity index is 601. The smallest absolute Gasteiger partial charge is 0.243 e. The van der Waals surface area contributed by atoms with E-state index in [-0.39, 0.29) is 24.4 Å². The van der Waals surface area contributed by atoms with Crippen molar-refractivity contribution in [3.05, 3.63) is 34.9 Å². The van der Waals surface area contributed by atoms with Crippen LogP contribution in [0.1, 0.15) is 30.0 Å². The predicted molar refractivity (Wildman–Crippen MR) is 84.7 cm³/mol. The molecule has 1 unspecified atom stereocenters. The number of carbonyl (C=O) groups is 2. The number of nitrogens with one attached hydrogen (secondary N) is 1. The van der Waals surface area contributed by atoms with E-state index in [0.29, 0.717) is 18.0 Å². The number of hydrogen-bond acceptors (Lipinski definition) is 4. The molecule has 0 spiro atoms. The molecule has 2 amide bonds. The third kappa shape index (κ3) is 3.46. The Kier molecular flexibility index (Phi) is 4.69. The van der Waals surface area contributed by atoms with E-state index >= 15 is 0 Å². The zero-order chi connectivity index (χ0) is 15.6. The predicted octanol–water partition coefficient (Wildman–Crippen LogP) is 0.866. The molecular formula is C15H19N3O2S. The van der Waals surface area contributed by atoms with Gasteiger partial charge in [0, 0.05) is 12.1 Å². The number of benzene rings is 1. The lowest BCUT2D eigenvalue weighted by molar-refractivity contribution is -0.140. The average Bonchev–Trinajstić information content (AvgIpc) is 2.40. The Morgan fingerprint density at radius 2 is 2.19 bits per heavy atom. The Balaban J connectivity index is 2.21. The number of rotatable bonds is 4. The van der Waals surface area contributed by atoms with Crippen molar-refractivity contribution in [2.75, 3.05) is 6.54 Å². The highest BCUT2D eigenvalue weighted by Crippen LogP contribution is 2.18. The average molecular weight is 305 g/mol. The number of thiocarbonyl (C=S) groups is 1. The SMILES string of the molecule is CCC1C(=O)NC(=O)CN1Cc1ccc(C(N)=S)cc1C. The normalized spacial score (nSPS) is 19.4. The molecule has 3 N–H and O–H groups in total. The fourth-order valence-electron chi connectivity index (χ4n) is 2.58. The molecule has 21 heavy (non-hydrogen) atoms. The molecule has 0 aliphatic carbocycles. The first-order chi connectivity index (χ1) is 9.92. The molecule has 1 heterocycles. The molecule has 6 heteroatoms. The van der Waals surface area contributed by atoms with Gasteiger partial charge in [0.25, 0.3) is 0 Å². The highest BCUT2D eigenvalue weighted by molar-refractivity contribution is 7.80. The standard InChI is InChI=1S/C15H19N3O2S/c1-3-12-15(20)17-13(19)8-18(12)7-11-5-4-10(14(16)21)6-9(11)2/h4-6,12H,3,7-8H2,1-2H3,(H2,16,21)(H,17,19,20). The third-order valence-corrected chi connectivity index (χ3v) is 3.98. The summed E-state index contributed by atoms with van der Waals surface area (Å²) in [6, 6.07) is 5.49. The van der Waals surface area contributed by atoms with Gasteiger partial charge in [-0.3, -0.25) is 19.8 Å².